The van der Waals surface area contributed by atoms with Crippen LogP contribution in [0.15, 0.2) is 0 Å². The molecule has 0 aromatic carbocycles. The second-order valence-electron chi connectivity index (χ2n) is 2.00. The molecular weight excluding hydrogens is 172 g/mol. The summed E-state index contributed by atoms with van der Waals surface area (Å²) in [4.78, 5) is -0.00583. The van der Waals surface area contributed by atoms with Crippen LogP contribution in [0, 0.1) is 0 Å². The van der Waals surface area contributed by atoms with E-state index in [-0.39, 0.29) is 10.7 Å². The highest BCUT2D eigenvalue weighted by Gasteiger charge is 2.13. The number of rotatable bonds is 3. The van der Waals surface area contributed by atoms with Crippen molar-refractivity contribution in [2.45, 2.75) is 0 Å². The topological polar surface area (TPSA) is 63.4 Å². The Bertz CT molecular complexity index is 219. The Morgan fingerprint density at radius 1 is 1.60 bits per heavy atom. The van der Waals surface area contributed by atoms with Crippen molar-refractivity contribution < 1.29 is 8.42 Å². The molecule has 4 nitrogen and oxygen atoms in total. The number of hydrogen-bond acceptors (Lipinski definition) is 3. The van der Waals surface area contributed by atoms with E-state index < -0.39 is 10.0 Å². The molecule has 10 heavy (non-hydrogen) atoms. The molecule has 0 fully saturated rings. The number of hydrogen-bond donors (Lipinski definition) is 1. The Kier molecular flexibility index (Phi) is 3.20. The van der Waals surface area contributed by atoms with Gasteiger partial charge in [0.2, 0.25) is 10.0 Å². The van der Waals surface area contributed by atoms with Gasteiger partial charge >= 0.3 is 0 Å². The number of nitrogens with two attached hydrogens (primary N) is 1. The first-order valence-corrected chi connectivity index (χ1v) is 4.56. The van der Waals surface area contributed by atoms with Crippen molar-refractivity contribution in [1.29, 1.82) is 0 Å². The largest absolute Gasteiger partial charge is 0.392 e. The van der Waals surface area contributed by atoms with Crippen LogP contribution in [0.5, 0.6) is 0 Å². The van der Waals surface area contributed by atoms with E-state index in [1.165, 1.54) is 14.1 Å². The van der Waals surface area contributed by atoms with Gasteiger partial charge in [-0.05, 0) is 0 Å². The first-order valence-electron chi connectivity index (χ1n) is 2.55. The summed E-state index contributed by atoms with van der Waals surface area (Å²) in [7, 11) is -0.354. The Labute approximate surface area is 66.1 Å². The molecule has 0 aromatic rings. The van der Waals surface area contributed by atoms with Crippen LogP contribution in [-0.4, -0.2) is 37.6 Å². The van der Waals surface area contributed by atoms with E-state index in [2.05, 4.69) is 12.2 Å². The summed E-state index contributed by atoms with van der Waals surface area (Å²) in [6, 6.07) is 0. The molecule has 0 aromatic heterocycles. The summed E-state index contributed by atoms with van der Waals surface area (Å²) in [5, 5.41) is 0. The van der Waals surface area contributed by atoms with E-state index in [0.29, 0.717) is 0 Å². The van der Waals surface area contributed by atoms with Gasteiger partial charge < -0.3 is 5.73 Å². The maximum Gasteiger partial charge on any atom is 0.220 e. The van der Waals surface area contributed by atoms with Crippen molar-refractivity contribution in [3.8, 4) is 0 Å². The second-order valence-corrected chi connectivity index (χ2v) is 4.71. The zero-order valence-corrected chi connectivity index (χ0v) is 7.50. The average molecular weight is 182 g/mol. The maximum atomic E-state index is 10.9. The average Bonchev–Trinajstić information content (AvgIpc) is 1.60. The third kappa shape index (κ3) is 3.09. The molecule has 0 spiro atoms. The van der Waals surface area contributed by atoms with Crippen molar-refractivity contribution >= 4 is 27.2 Å². The number of nitrogens with zero attached hydrogens (tertiary/aromatic N) is 1. The Morgan fingerprint density at radius 2 is 2.00 bits per heavy atom. The summed E-state index contributed by atoms with van der Waals surface area (Å²) in [6.45, 7) is 0. The van der Waals surface area contributed by atoms with E-state index in [1.807, 2.05) is 0 Å². The van der Waals surface area contributed by atoms with Crippen molar-refractivity contribution in [1.82, 2.24) is 4.31 Å². The van der Waals surface area contributed by atoms with Crippen molar-refractivity contribution in [3.63, 3.8) is 0 Å². The minimum Gasteiger partial charge on any atom is -0.392 e. The molecule has 0 saturated heterocycles. The molecule has 6 heteroatoms. The highest BCUT2D eigenvalue weighted by molar-refractivity contribution is 7.92. The van der Waals surface area contributed by atoms with Crippen LogP contribution in [0.1, 0.15) is 0 Å². The number of sulfonamides is 1. The summed E-state index contributed by atoms with van der Waals surface area (Å²) < 4.78 is 22.9. The number of thiocarbonyl (C=S) groups is 1. The molecule has 0 radical (unpaired) electrons. The van der Waals surface area contributed by atoms with Crippen molar-refractivity contribution in [3.05, 3.63) is 0 Å². The molecule has 0 heterocycles. The predicted molar refractivity (Wildman–Crippen MR) is 44.3 cm³/mol. The quantitative estimate of drug-likeness (QED) is 0.578. The van der Waals surface area contributed by atoms with Gasteiger partial charge in [-0.3, -0.25) is 0 Å². The highest BCUT2D eigenvalue weighted by Crippen LogP contribution is 1.92. The first kappa shape index (κ1) is 9.80. The van der Waals surface area contributed by atoms with Gasteiger partial charge in [-0.1, -0.05) is 12.2 Å². The van der Waals surface area contributed by atoms with Crippen molar-refractivity contribution in [2.75, 3.05) is 19.8 Å². The second kappa shape index (κ2) is 3.27. The van der Waals surface area contributed by atoms with Gasteiger partial charge in [0.05, 0.1) is 4.99 Å². The van der Waals surface area contributed by atoms with Gasteiger partial charge in [0.25, 0.3) is 0 Å². The normalized spacial score (nSPS) is 11.9. The molecule has 0 amide bonds. The van der Waals surface area contributed by atoms with Crippen LogP contribution in [0.25, 0.3) is 0 Å². The van der Waals surface area contributed by atoms with E-state index in [0.717, 1.165) is 4.31 Å². The minimum absolute atomic E-state index is 0.00583. The van der Waals surface area contributed by atoms with E-state index in [4.69, 9.17) is 5.73 Å². The summed E-state index contributed by atoms with van der Waals surface area (Å²) in [5.41, 5.74) is 5.04. The first-order chi connectivity index (χ1) is 4.36. The smallest absolute Gasteiger partial charge is 0.220 e. The molecule has 2 N–H and O–H groups in total. The van der Waals surface area contributed by atoms with E-state index >= 15 is 0 Å². The highest BCUT2D eigenvalue weighted by atomic mass is 32.2. The summed E-state index contributed by atoms with van der Waals surface area (Å²) in [5.74, 6) is -0.255. The van der Waals surface area contributed by atoms with Gasteiger partial charge in [0.15, 0.2) is 0 Å². The predicted octanol–water partition coefficient (Wildman–Crippen LogP) is -0.836. The lowest BCUT2D eigenvalue weighted by atomic mass is 10.8. The standard InChI is InChI=1S/C4H10N2O2S2/c1-6(2)10(7,8)3-4(5)9/h3H2,1-2H3,(H2,5,9). The molecule has 60 valence electrons. The lowest BCUT2D eigenvalue weighted by molar-refractivity contribution is 0.525. The zero-order chi connectivity index (χ0) is 8.36. The van der Waals surface area contributed by atoms with Gasteiger partial charge in [-0.25, -0.2) is 12.7 Å². The van der Waals surface area contributed by atoms with Crippen LogP contribution >= 0.6 is 12.2 Å². The van der Waals surface area contributed by atoms with Gasteiger partial charge in [-0.15, -0.1) is 0 Å². The minimum atomic E-state index is -3.23. The van der Waals surface area contributed by atoms with Crippen LogP contribution < -0.4 is 5.73 Å². The van der Waals surface area contributed by atoms with Gasteiger partial charge in [-0.2, -0.15) is 0 Å². The summed E-state index contributed by atoms with van der Waals surface area (Å²) in [6.07, 6.45) is 0. The SMILES string of the molecule is CN(C)S(=O)(=O)CC(N)=S. The molecule has 0 saturated carbocycles. The third-order valence-electron chi connectivity index (χ3n) is 0.881. The molecule has 0 bridgehead atoms. The molecule has 0 aliphatic carbocycles. The Balaban J connectivity index is 4.31. The third-order valence-corrected chi connectivity index (χ3v) is 3.00. The zero-order valence-electron chi connectivity index (χ0n) is 5.86. The fourth-order valence-electron chi connectivity index (χ4n) is 0.309. The summed E-state index contributed by atoms with van der Waals surface area (Å²) >= 11 is 4.43. The van der Waals surface area contributed by atoms with Gasteiger partial charge in [0.1, 0.15) is 5.75 Å². The van der Waals surface area contributed by atoms with Crippen LogP contribution in [-0.2, 0) is 10.0 Å². The monoisotopic (exact) mass is 182 g/mol. The molecule has 0 aliphatic rings. The van der Waals surface area contributed by atoms with Gasteiger partial charge in [0, 0.05) is 14.1 Å². The Hall–Kier alpha value is -0.200. The van der Waals surface area contributed by atoms with Crippen molar-refractivity contribution in [2.24, 2.45) is 5.73 Å². The molecule has 0 aliphatic heterocycles. The fraction of sp³-hybridized carbons (Fsp3) is 0.750. The molecule has 0 atom stereocenters. The Morgan fingerprint density at radius 3 is 2.10 bits per heavy atom. The fourth-order valence-corrected chi connectivity index (χ4v) is 1.37. The van der Waals surface area contributed by atoms with Crippen LogP contribution in [0.2, 0.25) is 0 Å². The maximum absolute atomic E-state index is 10.9. The van der Waals surface area contributed by atoms with Crippen LogP contribution in [0.3, 0.4) is 0 Å². The van der Waals surface area contributed by atoms with E-state index in [9.17, 15) is 8.42 Å². The van der Waals surface area contributed by atoms with Crippen LogP contribution in [0.4, 0.5) is 0 Å². The molecule has 0 rings (SSSR count). The lowest BCUT2D eigenvalue weighted by Crippen LogP contribution is -2.31. The lowest BCUT2D eigenvalue weighted by Gasteiger charge is -2.09. The molecular formula is C4H10N2O2S2. The molecule has 0 unspecified atom stereocenters. The van der Waals surface area contributed by atoms with E-state index in [1.54, 1.807) is 0 Å².